The summed E-state index contributed by atoms with van der Waals surface area (Å²) >= 11 is 4.15. The number of primary amides is 1. The minimum atomic E-state index is -0.548. The highest BCUT2D eigenvalue weighted by molar-refractivity contribution is 7.80. The molecule has 0 bridgehead atoms. The van der Waals surface area contributed by atoms with Crippen LogP contribution in [0.5, 0.6) is 0 Å². The molecule has 1 rings (SSSR count). The highest BCUT2D eigenvalue weighted by Crippen LogP contribution is 2.15. The fourth-order valence-electron chi connectivity index (χ4n) is 1.83. The summed E-state index contributed by atoms with van der Waals surface area (Å²) in [6.45, 7) is 0. The lowest BCUT2D eigenvalue weighted by Gasteiger charge is -2.08. The van der Waals surface area contributed by atoms with Crippen LogP contribution in [-0.2, 0) is 4.79 Å². The second-order valence-electron chi connectivity index (χ2n) is 4.53. The number of unbranched alkanes of at least 4 members (excludes halogenated alkanes) is 4. The van der Waals surface area contributed by atoms with Gasteiger partial charge in [-0.15, -0.1) is 0 Å². The molecule has 0 fully saturated rings. The summed E-state index contributed by atoms with van der Waals surface area (Å²) in [6, 6.07) is 6.72. The molecule has 0 spiro atoms. The van der Waals surface area contributed by atoms with Gasteiger partial charge in [-0.3, -0.25) is 9.59 Å². The van der Waals surface area contributed by atoms with Gasteiger partial charge in [-0.2, -0.15) is 12.6 Å². The van der Waals surface area contributed by atoms with Crippen LogP contribution in [0.4, 0.5) is 5.69 Å². The maximum absolute atomic E-state index is 11.7. The quantitative estimate of drug-likeness (QED) is 0.484. The molecular formula is C15H21N2O2S. The molecule has 1 aromatic rings. The molecule has 0 saturated heterocycles. The number of benzene rings is 1. The third kappa shape index (κ3) is 6.10. The van der Waals surface area contributed by atoms with Crippen molar-refractivity contribution >= 4 is 30.1 Å². The van der Waals surface area contributed by atoms with Gasteiger partial charge in [0, 0.05) is 6.42 Å². The minimum Gasteiger partial charge on any atom is -0.366 e. The van der Waals surface area contributed by atoms with Gasteiger partial charge in [-0.25, -0.2) is 0 Å². The number of thiol groups is 1. The summed E-state index contributed by atoms with van der Waals surface area (Å²) in [5.41, 5.74) is 6.03. The maximum atomic E-state index is 11.7. The Morgan fingerprint density at radius 3 is 2.55 bits per heavy atom. The number of para-hydroxylation sites is 1. The summed E-state index contributed by atoms with van der Waals surface area (Å²) in [5, 5.41) is 2.69. The van der Waals surface area contributed by atoms with Gasteiger partial charge in [-0.1, -0.05) is 31.4 Å². The van der Waals surface area contributed by atoms with Crippen molar-refractivity contribution in [3.63, 3.8) is 0 Å². The number of hydrogen-bond acceptors (Lipinski definition) is 3. The molecule has 0 aliphatic carbocycles. The van der Waals surface area contributed by atoms with Gasteiger partial charge in [0.2, 0.25) is 5.91 Å². The number of carbonyl (C=O) groups is 2. The van der Waals surface area contributed by atoms with Gasteiger partial charge < -0.3 is 11.1 Å². The second kappa shape index (κ2) is 9.42. The Kier molecular flexibility index (Phi) is 7.80. The van der Waals surface area contributed by atoms with Crippen LogP contribution in [0.15, 0.2) is 24.3 Å². The van der Waals surface area contributed by atoms with E-state index in [2.05, 4.69) is 17.9 Å². The van der Waals surface area contributed by atoms with Crippen molar-refractivity contribution in [3.05, 3.63) is 36.2 Å². The standard InChI is InChI=1S/C15H21N2O2S/c16-15(19)12-8-5-6-9-13(12)17-14(18)10-4-2-1-3-7-11-20/h5-6,8-10,20H,1-4,7,11H2,(H2,16,19)(H,17,18). The first-order chi connectivity index (χ1) is 9.65. The first kappa shape index (κ1) is 16.6. The number of carbonyl (C=O) groups excluding carboxylic acids is 2. The lowest BCUT2D eigenvalue weighted by Crippen LogP contribution is -2.18. The smallest absolute Gasteiger partial charge is 0.250 e. The minimum absolute atomic E-state index is 0.201. The molecule has 1 radical (unpaired) electrons. The van der Waals surface area contributed by atoms with Crippen LogP contribution in [0.2, 0.25) is 0 Å². The largest absolute Gasteiger partial charge is 0.366 e. The molecule has 3 N–H and O–H groups in total. The van der Waals surface area contributed by atoms with Gasteiger partial charge in [0.1, 0.15) is 0 Å². The van der Waals surface area contributed by atoms with Gasteiger partial charge in [0.25, 0.3) is 5.91 Å². The normalized spacial score (nSPS) is 10.2. The van der Waals surface area contributed by atoms with Crippen molar-refractivity contribution in [3.8, 4) is 0 Å². The van der Waals surface area contributed by atoms with E-state index >= 15 is 0 Å². The Hall–Kier alpha value is -1.49. The summed E-state index contributed by atoms with van der Waals surface area (Å²) < 4.78 is 0. The Balaban J connectivity index is 2.34. The first-order valence-electron chi connectivity index (χ1n) is 6.79. The number of nitrogens with two attached hydrogens (primary N) is 1. The van der Waals surface area contributed by atoms with Crippen LogP contribution >= 0.6 is 12.6 Å². The topological polar surface area (TPSA) is 72.2 Å². The predicted molar refractivity (Wildman–Crippen MR) is 84.8 cm³/mol. The molecule has 4 nitrogen and oxygen atoms in total. The number of rotatable bonds is 9. The van der Waals surface area contributed by atoms with E-state index in [1.54, 1.807) is 30.7 Å². The predicted octanol–water partition coefficient (Wildman–Crippen LogP) is 2.81. The molecular weight excluding hydrogens is 272 g/mol. The third-order valence-electron chi connectivity index (χ3n) is 2.89. The summed E-state index contributed by atoms with van der Waals surface area (Å²) in [4.78, 5) is 23.0. The molecule has 109 valence electrons. The van der Waals surface area contributed by atoms with Crippen LogP contribution in [0.25, 0.3) is 0 Å². The summed E-state index contributed by atoms with van der Waals surface area (Å²) in [7, 11) is 0. The number of hydrogen-bond donors (Lipinski definition) is 3. The highest BCUT2D eigenvalue weighted by Gasteiger charge is 2.09. The maximum Gasteiger partial charge on any atom is 0.250 e. The fourth-order valence-corrected chi connectivity index (χ4v) is 2.06. The van der Waals surface area contributed by atoms with Crippen molar-refractivity contribution in [2.75, 3.05) is 11.1 Å². The van der Waals surface area contributed by atoms with Crippen molar-refractivity contribution in [1.29, 1.82) is 0 Å². The molecule has 0 aliphatic rings. The molecule has 20 heavy (non-hydrogen) atoms. The third-order valence-corrected chi connectivity index (χ3v) is 3.21. The molecule has 2 amide bonds. The van der Waals surface area contributed by atoms with Crippen LogP contribution in [0.1, 0.15) is 42.5 Å². The Morgan fingerprint density at radius 2 is 1.85 bits per heavy atom. The zero-order valence-corrected chi connectivity index (χ0v) is 12.4. The van der Waals surface area contributed by atoms with E-state index in [1.165, 1.54) is 0 Å². The zero-order chi connectivity index (χ0) is 14.8. The number of anilines is 1. The second-order valence-corrected chi connectivity index (χ2v) is 4.98. The van der Waals surface area contributed by atoms with Crippen molar-refractivity contribution < 1.29 is 9.59 Å². The van der Waals surface area contributed by atoms with E-state index in [0.717, 1.165) is 37.9 Å². The van der Waals surface area contributed by atoms with Crippen LogP contribution in [0.3, 0.4) is 0 Å². The van der Waals surface area contributed by atoms with E-state index in [-0.39, 0.29) is 5.91 Å². The van der Waals surface area contributed by atoms with E-state index in [9.17, 15) is 9.59 Å². The lowest BCUT2D eigenvalue weighted by molar-refractivity contribution is -0.113. The molecule has 5 heteroatoms. The van der Waals surface area contributed by atoms with Crippen molar-refractivity contribution in [2.24, 2.45) is 5.73 Å². The van der Waals surface area contributed by atoms with Crippen LogP contribution in [-0.4, -0.2) is 17.6 Å². The highest BCUT2D eigenvalue weighted by atomic mass is 32.1. The summed E-state index contributed by atoms with van der Waals surface area (Å²) in [5.74, 6) is 0.161. The van der Waals surface area contributed by atoms with Gasteiger partial charge in [-0.05, 0) is 30.7 Å². The van der Waals surface area contributed by atoms with Crippen molar-refractivity contribution in [2.45, 2.75) is 32.1 Å². The van der Waals surface area contributed by atoms with Crippen LogP contribution in [0, 0.1) is 6.42 Å². The number of nitrogens with one attached hydrogen (secondary N) is 1. The SMILES string of the molecule is NC(=O)c1ccccc1NC(=O)[CH]CCCCCCS. The zero-order valence-electron chi connectivity index (χ0n) is 11.5. The molecule has 0 saturated carbocycles. The number of amides is 2. The van der Waals surface area contributed by atoms with Gasteiger partial charge in [0.05, 0.1) is 11.3 Å². The van der Waals surface area contributed by atoms with E-state index < -0.39 is 5.91 Å². The lowest BCUT2D eigenvalue weighted by atomic mass is 10.1. The van der Waals surface area contributed by atoms with Crippen LogP contribution < -0.4 is 11.1 Å². The van der Waals surface area contributed by atoms with Gasteiger partial charge >= 0.3 is 0 Å². The molecule has 0 aliphatic heterocycles. The summed E-state index contributed by atoms with van der Waals surface area (Å²) in [6.07, 6.45) is 6.68. The Morgan fingerprint density at radius 1 is 1.15 bits per heavy atom. The molecule has 0 heterocycles. The Labute approximate surface area is 125 Å². The molecule has 0 unspecified atom stereocenters. The molecule has 0 aromatic heterocycles. The van der Waals surface area contributed by atoms with E-state index in [0.29, 0.717) is 11.3 Å². The molecule has 1 aromatic carbocycles. The molecule has 0 atom stereocenters. The first-order valence-corrected chi connectivity index (χ1v) is 7.42. The van der Waals surface area contributed by atoms with Crippen molar-refractivity contribution in [1.82, 2.24) is 0 Å². The fraction of sp³-hybridized carbons (Fsp3) is 0.400. The average molecular weight is 293 g/mol. The Bertz CT molecular complexity index is 449. The van der Waals surface area contributed by atoms with E-state index in [4.69, 9.17) is 5.73 Å². The van der Waals surface area contributed by atoms with E-state index in [1.807, 2.05) is 0 Å². The monoisotopic (exact) mass is 293 g/mol. The average Bonchev–Trinajstić information content (AvgIpc) is 2.43. The van der Waals surface area contributed by atoms with Gasteiger partial charge in [0.15, 0.2) is 0 Å².